The van der Waals surface area contributed by atoms with E-state index in [2.05, 4.69) is 20.9 Å². The van der Waals surface area contributed by atoms with Gasteiger partial charge in [-0.25, -0.2) is 4.57 Å². The summed E-state index contributed by atoms with van der Waals surface area (Å²) in [5, 5.41) is 0. The van der Waals surface area contributed by atoms with Crippen LogP contribution in [0.3, 0.4) is 0 Å². The zero-order valence-corrected chi connectivity index (χ0v) is 10.7. The van der Waals surface area contributed by atoms with Gasteiger partial charge in [0.15, 0.2) is 5.78 Å². The second-order valence-corrected chi connectivity index (χ2v) is 4.71. The molecular formula is C10H17O5P. The van der Waals surface area contributed by atoms with Crippen LogP contribution < -0.4 is 0 Å². The van der Waals surface area contributed by atoms with Crippen LogP contribution in [0, 0.1) is 11.8 Å². The summed E-state index contributed by atoms with van der Waals surface area (Å²) in [5.41, 5.74) is 0. The topological polar surface area (TPSA) is 61.8 Å². The number of rotatable bonds is 7. The number of phosphoric ester groups is 1. The van der Waals surface area contributed by atoms with Crippen molar-refractivity contribution in [2.24, 2.45) is 0 Å². The monoisotopic (exact) mass is 248 g/mol. The first-order chi connectivity index (χ1) is 7.58. The van der Waals surface area contributed by atoms with Crippen LogP contribution in [0.15, 0.2) is 0 Å². The van der Waals surface area contributed by atoms with Gasteiger partial charge in [0, 0.05) is 33.5 Å². The third kappa shape index (κ3) is 6.76. The molecule has 0 saturated carbocycles. The summed E-state index contributed by atoms with van der Waals surface area (Å²) in [6.07, 6.45) is 1.54. The standard InChI is InChI=1S/C10H17O5P/c1-4-5-6-7-8-10(11)9-15-16(12,13-2)14-3/h4,7-9H2,1-3H3. The normalized spacial score (nSPS) is 10.7. The van der Waals surface area contributed by atoms with Gasteiger partial charge in [-0.3, -0.25) is 18.4 Å². The van der Waals surface area contributed by atoms with E-state index in [1.54, 1.807) is 0 Å². The van der Waals surface area contributed by atoms with E-state index in [1.165, 1.54) is 14.2 Å². The van der Waals surface area contributed by atoms with Gasteiger partial charge in [0.2, 0.25) is 0 Å². The minimum absolute atomic E-state index is 0.181. The fourth-order valence-electron chi connectivity index (χ4n) is 0.818. The Balaban J connectivity index is 3.85. The number of carbonyl (C=O) groups is 1. The Morgan fingerprint density at radius 3 is 2.38 bits per heavy atom. The number of carbonyl (C=O) groups excluding carboxylic acids is 1. The second kappa shape index (κ2) is 8.49. The Labute approximate surface area is 96.1 Å². The predicted octanol–water partition coefficient (Wildman–Crippen LogP) is 2.17. The molecular weight excluding hydrogens is 231 g/mol. The van der Waals surface area contributed by atoms with Crippen molar-refractivity contribution in [3.05, 3.63) is 0 Å². The molecule has 0 fully saturated rings. The lowest BCUT2D eigenvalue weighted by Gasteiger charge is -2.12. The van der Waals surface area contributed by atoms with Crippen molar-refractivity contribution < 1.29 is 22.9 Å². The zero-order valence-electron chi connectivity index (χ0n) is 9.82. The third-order valence-corrected chi connectivity index (χ3v) is 3.00. The molecule has 0 radical (unpaired) electrons. The highest BCUT2D eigenvalue weighted by Crippen LogP contribution is 2.47. The van der Waals surface area contributed by atoms with Gasteiger partial charge in [-0.1, -0.05) is 6.92 Å². The molecule has 16 heavy (non-hydrogen) atoms. The summed E-state index contributed by atoms with van der Waals surface area (Å²) < 4.78 is 25.2. The molecule has 0 atom stereocenters. The molecule has 0 aliphatic rings. The highest BCUT2D eigenvalue weighted by molar-refractivity contribution is 7.48. The Hall–Kier alpha value is -0.660. The van der Waals surface area contributed by atoms with Gasteiger partial charge in [-0.2, -0.15) is 0 Å². The molecule has 92 valence electrons. The molecule has 0 heterocycles. The van der Waals surface area contributed by atoms with Crippen molar-refractivity contribution in [1.82, 2.24) is 0 Å². The molecule has 0 aromatic carbocycles. The fourth-order valence-corrected chi connectivity index (χ4v) is 1.48. The van der Waals surface area contributed by atoms with Crippen molar-refractivity contribution in [3.8, 4) is 11.8 Å². The van der Waals surface area contributed by atoms with Crippen LogP contribution in [0.4, 0.5) is 0 Å². The van der Waals surface area contributed by atoms with Crippen molar-refractivity contribution in [1.29, 1.82) is 0 Å². The number of phosphoric acid groups is 1. The van der Waals surface area contributed by atoms with Gasteiger partial charge < -0.3 is 0 Å². The fraction of sp³-hybridized carbons (Fsp3) is 0.700. The molecule has 0 aromatic heterocycles. The van der Waals surface area contributed by atoms with Crippen molar-refractivity contribution >= 4 is 13.6 Å². The smallest absolute Gasteiger partial charge is 0.297 e. The van der Waals surface area contributed by atoms with E-state index in [-0.39, 0.29) is 18.8 Å². The zero-order chi connectivity index (χ0) is 12.4. The largest absolute Gasteiger partial charge is 0.474 e. The van der Waals surface area contributed by atoms with Crippen LogP contribution in [-0.4, -0.2) is 26.6 Å². The molecule has 0 aromatic rings. The first-order valence-electron chi connectivity index (χ1n) is 4.91. The highest BCUT2D eigenvalue weighted by atomic mass is 31.2. The molecule has 5 nitrogen and oxygen atoms in total. The number of hydrogen-bond donors (Lipinski definition) is 0. The lowest BCUT2D eigenvalue weighted by molar-refractivity contribution is -0.121. The van der Waals surface area contributed by atoms with Gasteiger partial charge in [-0.15, -0.1) is 11.8 Å². The molecule has 0 rings (SSSR count). The van der Waals surface area contributed by atoms with Crippen molar-refractivity contribution in [2.45, 2.75) is 26.2 Å². The number of hydrogen-bond acceptors (Lipinski definition) is 5. The van der Waals surface area contributed by atoms with E-state index in [0.717, 1.165) is 6.42 Å². The summed E-state index contributed by atoms with van der Waals surface area (Å²) >= 11 is 0. The quantitative estimate of drug-likeness (QED) is 0.510. The summed E-state index contributed by atoms with van der Waals surface area (Å²) in [6.45, 7) is 1.65. The molecule has 0 saturated heterocycles. The maximum absolute atomic E-state index is 11.4. The molecule has 0 aliphatic carbocycles. The average molecular weight is 248 g/mol. The molecule has 0 bridgehead atoms. The van der Waals surface area contributed by atoms with Crippen molar-refractivity contribution in [2.75, 3.05) is 20.8 Å². The Morgan fingerprint density at radius 1 is 1.25 bits per heavy atom. The van der Waals surface area contributed by atoms with Crippen LogP contribution in [-0.2, 0) is 22.9 Å². The molecule has 6 heteroatoms. The first kappa shape index (κ1) is 15.3. The summed E-state index contributed by atoms with van der Waals surface area (Å²) in [7, 11) is -1.14. The minimum Gasteiger partial charge on any atom is -0.297 e. The third-order valence-electron chi connectivity index (χ3n) is 1.66. The van der Waals surface area contributed by atoms with E-state index in [4.69, 9.17) is 4.52 Å². The van der Waals surface area contributed by atoms with Crippen LogP contribution in [0.5, 0.6) is 0 Å². The average Bonchev–Trinajstić information content (AvgIpc) is 2.31. The van der Waals surface area contributed by atoms with Gasteiger partial charge >= 0.3 is 7.82 Å². The minimum atomic E-state index is -3.54. The Bertz CT molecular complexity index is 307. The van der Waals surface area contributed by atoms with Gasteiger partial charge in [0.25, 0.3) is 0 Å². The van der Waals surface area contributed by atoms with Crippen LogP contribution in [0.1, 0.15) is 26.2 Å². The van der Waals surface area contributed by atoms with E-state index < -0.39 is 7.82 Å². The lowest BCUT2D eigenvalue weighted by atomic mass is 10.2. The molecule has 0 N–H and O–H groups in total. The molecule has 0 amide bonds. The SMILES string of the molecule is CCC#CCCC(=O)COP(=O)(OC)OC. The highest BCUT2D eigenvalue weighted by Gasteiger charge is 2.23. The molecule has 0 aliphatic heterocycles. The van der Waals surface area contributed by atoms with Crippen LogP contribution in [0.25, 0.3) is 0 Å². The van der Waals surface area contributed by atoms with Crippen LogP contribution in [0.2, 0.25) is 0 Å². The van der Waals surface area contributed by atoms with Crippen LogP contribution >= 0.6 is 7.82 Å². The van der Waals surface area contributed by atoms with E-state index in [0.29, 0.717) is 6.42 Å². The first-order valence-corrected chi connectivity index (χ1v) is 6.37. The molecule has 0 spiro atoms. The van der Waals surface area contributed by atoms with Gasteiger partial charge in [-0.05, 0) is 0 Å². The van der Waals surface area contributed by atoms with Gasteiger partial charge in [0.1, 0.15) is 6.61 Å². The van der Waals surface area contributed by atoms with E-state index >= 15 is 0 Å². The van der Waals surface area contributed by atoms with E-state index in [9.17, 15) is 9.36 Å². The summed E-state index contributed by atoms with van der Waals surface area (Å²) in [5.74, 6) is 5.50. The maximum atomic E-state index is 11.4. The Morgan fingerprint density at radius 2 is 1.88 bits per heavy atom. The summed E-state index contributed by atoms with van der Waals surface area (Å²) in [6, 6.07) is 0. The second-order valence-electron chi connectivity index (χ2n) is 2.83. The number of ketones is 1. The summed E-state index contributed by atoms with van der Waals surface area (Å²) in [4.78, 5) is 11.3. The Kier molecular flexibility index (Phi) is 8.14. The number of Topliss-reactive ketones (excluding diaryl/α,β-unsaturated/α-hetero) is 1. The van der Waals surface area contributed by atoms with Crippen molar-refractivity contribution in [3.63, 3.8) is 0 Å². The maximum Gasteiger partial charge on any atom is 0.474 e. The lowest BCUT2D eigenvalue weighted by Crippen LogP contribution is -2.08. The van der Waals surface area contributed by atoms with Gasteiger partial charge in [0.05, 0.1) is 0 Å². The molecule has 0 unspecified atom stereocenters. The predicted molar refractivity (Wildman–Crippen MR) is 59.9 cm³/mol. The van der Waals surface area contributed by atoms with E-state index in [1.807, 2.05) is 6.92 Å².